The van der Waals surface area contributed by atoms with Crippen molar-refractivity contribution in [3.63, 3.8) is 0 Å². The molecule has 50 heavy (non-hydrogen) atoms. The van der Waals surface area contributed by atoms with Gasteiger partial charge in [0.1, 0.15) is 0 Å². The van der Waals surface area contributed by atoms with Gasteiger partial charge in [0.05, 0.1) is 34.0 Å². The van der Waals surface area contributed by atoms with E-state index < -0.39 is 0 Å². The summed E-state index contributed by atoms with van der Waals surface area (Å²) in [5, 5.41) is 4.87. The molecule has 3 nitrogen and oxygen atoms in total. The lowest BCUT2D eigenvalue weighted by Gasteiger charge is -2.14. The number of aromatic nitrogens is 3. The molecule has 10 rings (SSSR count). The third-order valence-corrected chi connectivity index (χ3v) is 9.95. The van der Waals surface area contributed by atoms with Crippen LogP contribution in [0.25, 0.3) is 88.4 Å². The Bertz CT molecular complexity index is 2790. The van der Waals surface area contributed by atoms with E-state index in [-0.39, 0.29) is 0 Å². The fraction of sp³-hybridized carbons (Fsp3) is 0. The summed E-state index contributed by atoms with van der Waals surface area (Å²) in [6.07, 6.45) is 3.93. The second-order valence-electron chi connectivity index (χ2n) is 12.9. The van der Waals surface area contributed by atoms with Gasteiger partial charge in [-0.3, -0.25) is 4.98 Å². The van der Waals surface area contributed by atoms with Gasteiger partial charge in [0, 0.05) is 39.0 Å². The van der Waals surface area contributed by atoms with Gasteiger partial charge in [-0.2, -0.15) is 0 Å². The molecule has 0 fully saturated rings. The predicted molar refractivity (Wildman–Crippen MR) is 209 cm³/mol. The van der Waals surface area contributed by atoms with E-state index in [1.807, 2.05) is 12.4 Å². The van der Waals surface area contributed by atoms with Gasteiger partial charge in [0.15, 0.2) is 0 Å². The lowest BCUT2D eigenvalue weighted by molar-refractivity contribution is 1.14. The van der Waals surface area contributed by atoms with Crippen LogP contribution in [-0.4, -0.2) is 14.1 Å². The highest BCUT2D eigenvalue weighted by Gasteiger charge is 2.19. The van der Waals surface area contributed by atoms with Gasteiger partial charge >= 0.3 is 0 Å². The van der Waals surface area contributed by atoms with Crippen LogP contribution in [0.5, 0.6) is 0 Å². The Kier molecular flexibility index (Phi) is 6.49. The average molecular weight is 638 g/mol. The molecule has 0 amide bonds. The normalized spacial score (nSPS) is 11.6. The maximum atomic E-state index is 4.73. The molecule has 0 saturated carbocycles. The second kappa shape index (κ2) is 11.5. The molecule has 0 atom stereocenters. The number of para-hydroxylation sites is 2. The van der Waals surface area contributed by atoms with Crippen molar-refractivity contribution in [2.24, 2.45) is 0 Å². The van der Waals surface area contributed by atoms with Gasteiger partial charge in [-0.1, -0.05) is 127 Å². The Balaban J connectivity index is 1.27. The third kappa shape index (κ3) is 4.56. The molecular weight excluding hydrogens is 607 g/mol. The topological polar surface area (TPSA) is 22.8 Å². The number of nitrogens with zero attached hydrogens (tertiary/aromatic N) is 3. The van der Waals surface area contributed by atoms with E-state index in [1.54, 1.807) is 0 Å². The second-order valence-corrected chi connectivity index (χ2v) is 12.9. The summed E-state index contributed by atoms with van der Waals surface area (Å²) in [6.45, 7) is 0. The summed E-state index contributed by atoms with van der Waals surface area (Å²) in [5.74, 6) is 0. The van der Waals surface area contributed by atoms with Crippen molar-refractivity contribution >= 4 is 43.6 Å². The molecule has 0 spiro atoms. The van der Waals surface area contributed by atoms with Gasteiger partial charge < -0.3 is 9.13 Å². The molecule has 0 unspecified atom stereocenters. The van der Waals surface area contributed by atoms with Crippen molar-refractivity contribution in [1.82, 2.24) is 14.1 Å². The summed E-state index contributed by atoms with van der Waals surface area (Å²) >= 11 is 0. The van der Waals surface area contributed by atoms with E-state index >= 15 is 0 Å². The molecule has 0 aliphatic heterocycles. The summed E-state index contributed by atoms with van der Waals surface area (Å²) in [6, 6.07) is 63.4. The van der Waals surface area contributed by atoms with E-state index in [4.69, 9.17) is 4.98 Å². The van der Waals surface area contributed by atoms with Crippen molar-refractivity contribution in [2.75, 3.05) is 0 Å². The first-order valence-corrected chi connectivity index (χ1v) is 17.0. The van der Waals surface area contributed by atoms with Crippen molar-refractivity contribution in [2.45, 2.75) is 0 Å². The largest absolute Gasteiger partial charge is 0.309 e. The van der Waals surface area contributed by atoms with E-state index in [9.17, 15) is 0 Å². The fourth-order valence-corrected chi connectivity index (χ4v) is 7.66. The highest BCUT2D eigenvalue weighted by Crippen LogP contribution is 2.41. The summed E-state index contributed by atoms with van der Waals surface area (Å²) in [5.41, 5.74) is 13.9. The van der Waals surface area contributed by atoms with Crippen molar-refractivity contribution in [3.05, 3.63) is 188 Å². The molecule has 0 N–H and O–H groups in total. The first-order chi connectivity index (χ1) is 24.8. The summed E-state index contributed by atoms with van der Waals surface area (Å²) < 4.78 is 4.83. The van der Waals surface area contributed by atoms with Crippen molar-refractivity contribution < 1.29 is 0 Å². The van der Waals surface area contributed by atoms with Crippen molar-refractivity contribution in [1.29, 1.82) is 0 Å². The number of pyridine rings is 1. The van der Waals surface area contributed by atoms with Crippen LogP contribution < -0.4 is 0 Å². The van der Waals surface area contributed by atoms with Crippen LogP contribution >= 0.6 is 0 Å². The molecule has 3 aromatic heterocycles. The minimum atomic E-state index is 1.05. The van der Waals surface area contributed by atoms with Gasteiger partial charge in [-0.05, 0) is 76.3 Å². The minimum absolute atomic E-state index is 1.05. The lowest BCUT2D eigenvalue weighted by Crippen LogP contribution is -1.97. The molecular formula is C47H31N3. The van der Waals surface area contributed by atoms with Crippen LogP contribution in [0, 0.1) is 0 Å². The zero-order chi connectivity index (χ0) is 33.0. The first-order valence-electron chi connectivity index (χ1n) is 17.0. The maximum Gasteiger partial charge on any atom is 0.0651 e. The average Bonchev–Trinajstić information content (AvgIpc) is 3.70. The summed E-state index contributed by atoms with van der Waals surface area (Å²) in [7, 11) is 0. The predicted octanol–water partition coefficient (Wildman–Crippen LogP) is 12.3. The van der Waals surface area contributed by atoms with E-state index in [0.717, 1.165) is 33.5 Å². The van der Waals surface area contributed by atoms with E-state index in [1.165, 1.54) is 54.8 Å². The van der Waals surface area contributed by atoms with Gasteiger partial charge in [-0.15, -0.1) is 0 Å². The standard InChI is InChI=1S/C47H31N3/c1-4-14-32(15-5-1)35-24-36(33-16-6-2-7-17-33)26-38(25-35)49-44-22-12-10-20-40(44)42-29-47-43(28-46(42)49)41-21-11-13-23-45(41)50(47)39-27-37(30-48-31-39)34-18-8-3-9-19-34/h1-31H. The molecule has 0 saturated heterocycles. The Morgan fingerprint density at radius 2 is 0.700 bits per heavy atom. The van der Waals surface area contributed by atoms with Crippen LogP contribution in [-0.2, 0) is 0 Å². The maximum absolute atomic E-state index is 4.73. The number of benzene rings is 7. The minimum Gasteiger partial charge on any atom is -0.309 e. The highest BCUT2D eigenvalue weighted by atomic mass is 15.0. The van der Waals surface area contributed by atoms with Gasteiger partial charge in [0.25, 0.3) is 0 Å². The Hall–Kier alpha value is -6.71. The number of rotatable bonds is 5. The van der Waals surface area contributed by atoms with Crippen LogP contribution in [0.3, 0.4) is 0 Å². The van der Waals surface area contributed by atoms with E-state index in [2.05, 4.69) is 185 Å². The lowest BCUT2D eigenvalue weighted by atomic mass is 9.98. The molecule has 0 aliphatic carbocycles. The molecule has 10 aromatic rings. The Morgan fingerprint density at radius 1 is 0.280 bits per heavy atom. The molecule has 0 bridgehead atoms. The summed E-state index contributed by atoms with van der Waals surface area (Å²) in [4.78, 5) is 4.73. The molecule has 3 heteroatoms. The van der Waals surface area contributed by atoms with Crippen LogP contribution in [0.2, 0.25) is 0 Å². The third-order valence-electron chi connectivity index (χ3n) is 9.95. The van der Waals surface area contributed by atoms with Gasteiger partial charge in [-0.25, -0.2) is 0 Å². The molecule has 0 radical (unpaired) electrons. The number of hydrogen-bond donors (Lipinski definition) is 0. The van der Waals surface area contributed by atoms with E-state index in [0.29, 0.717) is 0 Å². The van der Waals surface area contributed by atoms with Crippen LogP contribution in [0.4, 0.5) is 0 Å². The first kappa shape index (κ1) is 28.3. The van der Waals surface area contributed by atoms with Crippen LogP contribution in [0.15, 0.2) is 188 Å². The monoisotopic (exact) mass is 637 g/mol. The smallest absolute Gasteiger partial charge is 0.0651 e. The Labute approximate surface area is 290 Å². The quantitative estimate of drug-likeness (QED) is 0.184. The number of hydrogen-bond acceptors (Lipinski definition) is 1. The van der Waals surface area contributed by atoms with Crippen LogP contribution in [0.1, 0.15) is 0 Å². The van der Waals surface area contributed by atoms with Gasteiger partial charge in [0.2, 0.25) is 0 Å². The fourth-order valence-electron chi connectivity index (χ4n) is 7.66. The molecule has 7 aromatic carbocycles. The molecule has 3 heterocycles. The highest BCUT2D eigenvalue weighted by molar-refractivity contribution is 6.19. The number of fused-ring (bicyclic) bond motifs is 6. The SMILES string of the molecule is c1ccc(-c2cncc(-n3c4ccccc4c4cc5c(cc43)c3ccccc3n5-c3cc(-c4ccccc4)cc(-c4ccccc4)c3)c2)cc1. The Morgan fingerprint density at radius 3 is 1.22 bits per heavy atom. The molecule has 234 valence electrons. The molecule has 0 aliphatic rings. The zero-order valence-electron chi connectivity index (χ0n) is 27.2. The zero-order valence-corrected chi connectivity index (χ0v) is 27.2. The van der Waals surface area contributed by atoms with Crippen molar-refractivity contribution in [3.8, 4) is 44.8 Å².